The summed E-state index contributed by atoms with van der Waals surface area (Å²) in [6, 6.07) is 7.56. The highest BCUT2D eigenvalue weighted by molar-refractivity contribution is 5.87. The van der Waals surface area contributed by atoms with Gasteiger partial charge in [-0.3, -0.25) is 9.69 Å². The molecule has 1 saturated heterocycles. The van der Waals surface area contributed by atoms with Crippen LogP contribution in [0.1, 0.15) is 37.7 Å². The van der Waals surface area contributed by atoms with E-state index in [2.05, 4.69) is 5.32 Å². The largest absolute Gasteiger partial charge is 0.447 e. The van der Waals surface area contributed by atoms with Gasteiger partial charge in [0, 0.05) is 32.9 Å². The quantitative estimate of drug-likeness (QED) is 0.848. The van der Waals surface area contributed by atoms with Crippen LogP contribution in [0.15, 0.2) is 24.3 Å². The Morgan fingerprint density at radius 2 is 1.88 bits per heavy atom. The molecule has 1 heterocycles. The van der Waals surface area contributed by atoms with Gasteiger partial charge >= 0.3 is 6.09 Å². The van der Waals surface area contributed by atoms with Crippen LogP contribution in [0.4, 0.5) is 10.5 Å². The van der Waals surface area contributed by atoms with Crippen molar-refractivity contribution in [3.05, 3.63) is 29.8 Å². The molecule has 3 rings (SSSR count). The molecule has 0 spiro atoms. The summed E-state index contributed by atoms with van der Waals surface area (Å²) in [5.74, 6) is 0.353. The number of carbonyl (C=O) groups is 2. The fourth-order valence-electron chi connectivity index (χ4n) is 3.74. The van der Waals surface area contributed by atoms with Gasteiger partial charge in [0.2, 0.25) is 5.91 Å². The van der Waals surface area contributed by atoms with E-state index in [0.29, 0.717) is 19.0 Å². The van der Waals surface area contributed by atoms with Gasteiger partial charge in [0.25, 0.3) is 0 Å². The van der Waals surface area contributed by atoms with Gasteiger partial charge in [-0.25, -0.2) is 4.79 Å². The van der Waals surface area contributed by atoms with Gasteiger partial charge in [-0.2, -0.15) is 0 Å². The second kappa shape index (κ2) is 8.43. The van der Waals surface area contributed by atoms with Gasteiger partial charge < -0.3 is 15.0 Å². The van der Waals surface area contributed by atoms with Gasteiger partial charge in [-0.1, -0.05) is 31.4 Å². The maximum atomic E-state index is 12.6. The normalized spacial score (nSPS) is 20.8. The van der Waals surface area contributed by atoms with Gasteiger partial charge in [0.05, 0.1) is 0 Å². The predicted octanol–water partition coefficient (Wildman–Crippen LogP) is 2.77. The summed E-state index contributed by atoms with van der Waals surface area (Å²) in [6.45, 7) is 1.24. The summed E-state index contributed by atoms with van der Waals surface area (Å²) in [6.07, 6.45) is 5.62. The van der Waals surface area contributed by atoms with E-state index in [-0.39, 0.29) is 18.6 Å². The first kappa shape index (κ1) is 18.5. The zero-order valence-corrected chi connectivity index (χ0v) is 15.7. The maximum absolute atomic E-state index is 12.6. The van der Waals surface area contributed by atoms with E-state index < -0.39 is 6.04 Å². The van der Waals surface area contributed by atoms with Gasteiger partial charge in [-0.15, -0.1) is 0 Å². The minimum Gasteiger partial charge on any atom is -0.447 e. The molecule has 1 aliphatic heterocycles. The van der Waals surface area contributed by atoms with Gasteiger partial charge in [-0.05, 0) is 36.5 Å². The highest BCUT2D eigenvalue weighted by atomic mass is 16.6. The maximum Gasteiger partial charge on any atom is 0.410 e. The molecule has 26 heavy (non-hydrogen) atoms. The van der Waals surface area contributed by atoms with E-state index >= 15 is 0 Å². The number of carbonyl (C=O) groups excluding carboxylic acids is 2. The number of nitrogens with zero attached hydrogens (tertiary/aromatic N) is 2. The van der Waals surface area contributed by atoms with Gasteiger partial charge in [0.15, 0.2) is 0 Å². The Hall–Kier alpha value is -2.24. The molecular formula is C20H29N3O3. The second-order valence-corrected chi connectivity index (χ2v) is 7.53. The number of benzene rings is 1. The van der Waals surface area contributed by atoms with Crippen molar-refractivity contribution in [2.24, 2.45) is 5.92 Å². The first-order chi connectivity index (χ1) is 12.5. The van der Waals surface area contributed by atoms with Crippen molar-refractivity contribution in [2.45, 2.75) is 44.7 Å². The first-order valence-corrected chi connectivity index (χ1v) is 9.52. The van der Waals surface area contributed by atoms with Gasteiger partial charge in [0.1, 0.15) is 12.6 Å². The van der Waals surface area contributed by atoms with Crippen LogP contribution in [-0.4, -0.2) is 50.2 Å². The number of rotatable bonds is 6. The van der Waals surface area contributed by atoms with Crippen LogP contribution in [0, 0.1) is 5.92 Å². The number of hydrogen-bond donors (Lipinski definition) is 1. The molecule has 1 N–H and O–H groups in total. The summed E-state index contributed by atoms with van der Waals surface area (Å²) in [5, 5.41) is 2.95. The Balaban J connectivity index is 1.54. The van der Waals surface area contributed by atoms with Crippen LogP contribution in [0.3, 0.4) is 0 Å². The molecule has 1 saturated carbocycles. The Bertz CT molecular complexity index is 624. The minimum absolute atomic E-state index is 0.136. The molecule has 6 nitrogen and oxygen atoms in total. The third-order valence-electron chi connectivity index (χ3n) is 5.38. The molecule has 0 bridgehead atoms. The zero-order valence-electron chi connectivity index (χ0n) is 15.7. The first-order valence-electron chi connectivity index (χ1n) is 9.52. The monoisotopic (exact) mass is 359 g/mol. The highest BCUT2D eigenvalue weighted by Crippen LogP contribution is 2.26. The predicted molar refractivity (Wildman–Crippen MR) is 101 cm³/mol. The third kappa shape index (κ3) is 4.48. The molecule has 0 unspecified atom stereocenters. The lowest BCUT2D eigenvalue weighted by atomic mass is 9.89. The zero-order chi connectivity index (χ0) is 18.5. The lowest BCUT2D eigenvalue weighted by Crippen LogP contribution is -2.47. The lowest BCUT2D eigenvalue weighted by Gasteiger charge is -2.28. The van der Waals surface area contributed by atoms with Crippen molar-refractivity contribution < 1.29 is 14.3 Å². The average Bonchev–Trinajstić information content (AvgIpc) is 3.01. The standard InChI is InChI=1S/C20H29N3O3/c1-22(2)17-10-8-15(9-11-17)12-21-19(24)18-14-26-20(25)23(18)13-16-6-4-3-5-7-16/h8-11,16,18H,3-7,12-14H2,1-2H3,(H,21,24)/t18-/m0/s1. The fourth-order valence-corrected chi connectivity index (χ4v) is 3.74. The molecule has 1 aromatic carbocycles. The Kier molecular flexibility index (Phi) is 6.01. The molecule has 1 aromatic rings. The molecule has 0 radical (unpaired) electrons. The van der Waals surface area contributed by atoms with Crippen LogP contribution < -0.4 is 10.2 Å². The molecule has 6 heteroatoms. The summed E-state index contributed by atoms with van der Waals surface area (Å²) in [5.41, 5.74) is 2.15. The number of hydrogen-bond acceptors (Lipinski definition) is 4. The van der Waals surface area contributed by atoms with E-state index in [1.54, 1.807) is 4.90 Å². The van der Waals surface area contributed by atoms with E-state index in [0.717, 1.165) is 24.1 Å². The number of nitrogens with one attached hydrogen (secondary N) is 1. The summed E-state index contributed by atoms with van der Waals surface area (Å²) in [4.78, 5) is 28.3. The van der Waals surface area contributed by atoms with Crippen LogP contribution in [0.25, 0.3) is 0 Å². The Morgan fingerprint density at radius 1 is 1.19 bits per heavy atom. The molecule has 142 valence electrons. The third-order valence-corrected chi connectivity index (χ3v) is 5.38. The van der Waals surface area contributed by atoms with E-state index in [9.17, 15) is 9.59 Å². The lowest BCUT2D eigenvalue weighted by molar-refractivity contribution is -0.125. The van der Waals surface area contributed by atoms with Crippen LogP contribution in [-0.2, 0) is 16.1 Å². The van der Waals surface area contributed by atoms with E-state index in [1.807, 2.05) is 43.3 Å². The molecule has 2 fully saturated rings. The van der Waals surface area contributed by atoms with E-state index in [4.69, 9.17) is 4.74 Å². The topological polar surface area (TPSA) is 61.9 Å². The fraction of sp³-hybridized carbons (Fsp3) is 0.600. The van der Waals surface area contributed by atoms with Crippen molar-refractivity contribution in [1.82, 2.24) is 10.2 Å². The van der Waals surface area contributed by atoms with Crippen LogP contribution in [0.2, 0.25) is 0 Å². The summed E-state index contributed by atoms with van der Waals surface area (Å²) in [7, 11) is 3.99. The Labute approximate surface area is 155 Å². The van der Waals surface area contributed by atoms with Crippen molar-refractivity contribution in [1.29, 1.82) is 0 Å². The van der Waals surface area contributed by atoms with Crippen molar-refractivity contribution in [3.8, 4) is 0 Å². The molecule has 1 aliphatic carbocycles. The summed E-state index contributed by atoms with van der Waals surface area (Å²) < 4.78 is 5.16. The number of amides is 2. The van der Waals surface area contributed by atoms with Crippen molar-refractivity contribution in [3.63, 3.8) is 0 Å². The SMILES string of the molecule is CN(C)c1ccc(CNC(=O)[C@@H]2COC(=O)N2CC2CCCCC2)cc1. The Morgan fingerprint density at radius 3 is 2.54 bits per heavy atom. The molecular weight excluding hydrogens is 330 g/mol. The van der Waals surface area contributed by atoms with E-state index in [1.165, 1.54) is 19.3 Å². The van der Waals surface area contributed by atoms with Crippen molar-refractivity contribution in [2.75, 3.05) is 32.1 Å². The molecule has 2 amide bonds. The van der Waals surface area contributed by atoms with Crippen LogP contribution >= 0.6 is 0 Å². The summed E-state index contributed by atoms with van der Waals surface area (Å²) >= 11 is 0. The molecule has 2 aliphatic rings. The second-order valence-electron chi connectivity index (χ2n) is 7.53. The molecule has 1 atom stereocenters. The molecule has 0 aromatic heterocycles. The number of ether oxygens (including phenoxy) is 1. The smallest absolute Gasteiger partial charge is 0.410 e. The number of anilines is 1. The van der Waals surface area contributed by atoms with Crippen molar-refractivity contribution >= 4 is 17.7 Å². The van der Waals surface area contributed by atoms with Crippen LogP contribution in [0.5, 0.6) is 0 Å². The number of cyclic esters (lactones) is 1. The minimum atomic E-state index is -0.509. The average molecular weight is 359 g/mol. The highest BCUT2D eigenvalue weighted by Gasteiger charge is 2.39.